The molecule has 0 saturated carbocycles. The number of carbonyl (C=O) groups excluding carboxylic acids is 2. The molecule has 104 valence electrons. The van der Waals surface area contributed by atoms with E-state index < -0.39 is 24.2 Å². The molecular weight excluding hydrogens is 261 g/mol. The molecule has 0 amide bonds. The van der Waals surface area contributed by atoms with Crippen LogP contribution in [0.2, 0.25) is 0 Å². The first-order chi connectivity index (χ1) is 8.70. The van der Waals surface area contributed by atoms with Crippen LogP contribution in [0, 0.1) is 5.92 Å². The van der Waals surface area contributed by atoms with E-state index >= 15 is 0 Å². The Balaban J connectivity index is 2.71. The number of hydrogen-bond donors (Lipinski definition) is 0. The van der Waals surface area contributed by atoms with Crippen molar-refractivity contribution in [2.24, 2.45) is 5.92 Å². The SMILES string of the molecule is CC(C)Cc1cnc(C(=O)CC(=O)C(F)(F)F)nc1. The predicted molar refractivity (Wildman–Crippen MR) is 60.6 cm³/mol. The van der Waals surface area contributed by atoms with Gasteiger partial charge in [-0.25, -0.2) is 9.97 Å². The lowest BCUT2D eigenvalue weighted by Gasteiger charge is -2.05. The van der Waals surface area contributed by atoms with Gasteiger partial charge in [0.25, 0.3) is 0 Å². The number of nitrogens with zero attached hydrogens (tertiary/aromatic N) is 2. The third kappa shape index (κ3) is 4.76. The zero-order chi connectivity index (χ0) is 14.6. The lowest BCUT2D eigenvalue weighted by Crippen LogP contribution is -2.26. The molecule has 0 aromatic carbocycles. The van der Waals surface area contributed by atoms with Gasteiger partial charge in [-0.05, 0) is 17.9 Å². The summed E-state index contributed by atoms with van der Waals surface area (Å²) in [5.74, 6) is -3.12. The monoisotopic (exact) mass is 274 g/mol. The Hall–Kier alpha value is -1.79. The molecule has 1 aromatic heterocycles. The van der Waals surface area contributed by atoms with E-state index in [4.69, 9.17) is 0 Å². The molecule has 4 nitrogen and oxygen atoms in total. The Bertz CT molecular complexity index is 467. The quantitative estimate of drug-likeness (QED) is 0.611. The van der Waals surface area contributed by atoms with Gasteiger partial charge in [-0.2, -0.15) is 13.2 Å². The van der Waals surface area contributed by atoms with E-state index in [2.05, 4.69) is 9.97 Å². The molecule has 0 N–H and O–H groups in total. The van der Waals surface area contributed by atoms with Crippen LogP contribution in [0.3, 0.4) is 0 Å². The van der Waals surface area contributed by atoms with Crippen molar-refractivity contribution in [1.29, 1.82) is 0 Å². The number of aromatic nitrogens is 2. The summed E-state index contributed by atoms with van der Waals surface area (Å²) >= 11 is 0. The van der Waals surface area contributed by atoms with Crippen molar-refractivity contribution in [3.05, 3.63) is 23.8 Å². The topological polar surface area (TPSA) is 59.9 Å². The first kappa shape index (κ1) is 15.3. The summed E-state index contributed by atoms with van der Waals surface area (Å²) in [5, 5.41) is 0. The molecule has 0 aliphatic heterocycles. The zero-order valence-electron chi connectivity index (χ0n) is 10.5. The molecule has 1 rings (SSSR count). The van der Waals surface area contributed by atoms with Crippen LogP contribution in [0.25, 0.3) is 0 Å². The lowest BCUT2D eigenvalue weighted by atomic mass is 10.1. The predicted octanol–water partition coefficient (Wildman–Crippen LogP) is 2.38. The third-order valence-electron chi connectivity index (χ3n) is 2.24. The minimum atomic E-state index is -5.01. The van der Waals surface area contributed by atoms with Gasteiger partial charge in [0.15, 0.2) is 5.82 Å². The molecule has 0 atom stereocenters. The maximum atomic E-state index is 12.0. The van der Waals surface area contributed by atoms with Crippen LogP contribution in [0.1, 0.15) is 36.5 Å². The Morgan fingerprint density at radius 2 is 1.74 bits per heavy atom. The number of ketones is 2. The van der Waals surface area contributed by atoms with E-state index in [9.17, 15) is 22.8 Å². The average molecular weight is 274 g/mol. The highest BCUT2D eigenvalue weighted by molar-refractivity contribution is 6.07. The molecule has 0 radical (unpaired) electrons. The van der Waals surface area contributed by atoms with Crippen molar-refractivity contribution in [2.45, 2.75) is 32.9 Å². The number of hydrogen-bond acceptors (Lipinski definition) is 4. The highest BCUT2D eigenvalue weighted by Gasteiger charge is 2.39. The summed E-state index contributed by atoms with van der Waals surface area (Å²) in [6, 6.07) is 0. The number of halogens is 3. The van der Waals surface area contributed by atoms with Crippen LogP contribution in [0.15, 0.2) is 12.4 Å². The van der Waals surface area contributed by atoms with Gasteiger partial charge in [0.1, 0.15) is 0 Å². The van der Waals surface area contributed by atoms with E-state index in [0.29, 0.717) is 12.3 Å². The smallest absolute Gasteiger partial charge is 0.290 e. The summed E-state index contributed by atoms with van der Waals surface area (Å²) in [5.41, 5.74) is 0.786. The second-order valence-electron chi connectivity index (χ2n) is 4.53. The Morgan fingerprint density at radius 3 is 2.16 bits per heavy atom. The summed E-state index contributed by atoms with van der Waals surface area (Å²) in [6.07, 6.45) is -2.78. The van der Waals surface area contributed by atoms with Crippen molar-refractivity contribution in [3.8, 4) is 0 Å². The third-order valence-corrected chi connectivity index (χ3v) is 2.24. The van der Waals surface area contributed by atoms with Crippen molar-refractivity contribution in [2.75, 3.05) is 0 Å². The Morgan fingerprint density at radius 1 is 1.21 bits per heavy atom. The van der Waals surface area contributed by atoms with Crippen LogP contribution in [0.4, 0.5) is 13.2 Å². The normalized spacial score (nSPS) is 11.7. The second-order valence-corrected chi connectivity index (χ2v) is 4.53. The van der Waals surface area contributed by atoms with Crippen LogP contribution in [-0.2, 0) is 11.2 Å². The Kier molecular flexibility index (Phi) is 4.74. The molecule has 0 fully saturated rings. The van der Waals surface area contributed by atoms with Gasteiger partial charge in [-0.3, -0.25) is 9.59 Å². The van der Waals surface area contributed by atoms with E-state index in [1.807, 2.05) is 13.8 Å². The van der Waals surface area contributed by atoms with Crippen LogP contribution < -0.4 is 0 Å². The molecule has 0 saturated heterocycles. The number of Topliss-reactive ketones (excluding diaryl/α,β-unsaturated/α-hetero) is 2. The van der Waals surface area contributed by atoms with Gasteiger partial charge in [0.2, 0.25) is 11.6 Å². The second kappa shape index (κ2) is 5.90. The van der Waals surface area contributed by atoms with Gasteiger partial charge in [-0.15, -0.1) is 0 Å². The summed E-state index contributed by atoms with van der Waals surface area (Å²) in [7, 11) is 0. The maximum absolute atomic E-state index is 12.0. The zero-order valence-corrected chi connectivity index (χ0v) is 10.5. The van der Waals surface area contributed by atoms with Gasteiger partial charge in [0.05, 0.1) is 6.42 Å². The standard InChI is InChI=1S/C12H13F3N2O2/c1-7(2)3-8-5-16-11(17-6-8)9(18)4-10(19)12(13,14)15/h5-7H,3-4H2,1-2H3. The van der Waals surface area contributed by atoms with Crippen LogP contribution in [0.5, 0.6) is 0 Å². The molecule has 1 aromatic rings. The van der Waals surface area contributed by atoms with Gasteiger partial charge >= 0.3 is 6.18 Å². The molecule has 7 heteroatoms. The summed E-state index contributed by atoms with van der Waals surface area (Å²) < 4.78 is 36.0. The van der Waals surface area contributed by atoms with Gasteiger partial charge in [0, 0.05) is 12.4 Å². The van der Waals surface area contributed by atoms with Gasteiger partial charge in [-0.1, -0.05) is 13.8 Å². The lowest BCUT2D eigenvalue weighted by molar-refractivity contribution is -0.170. The molecule has 0 aliphatic carbocycles. The first-order valence-electron chi connectivity index (χ1n) is 5.64. The Labute approximate surface area is 108 Å². The number of alkyl halides is 3. The van der Waals surface area contributed by atoms with Crippen molar-refractivity contribution >= 4 is 11.6 Å². The largest absolute Gasteiger partial charge is 0.450 e. The molecule has 0 unspecified atom stereocenters. The van der Waals surface area contributed by atoms with E-state index in [0.717, 1.165) is 5.56 Å². The van der Waals surface area contributed by atoms with Crippen LogP contribution in [-0.4, -0.2) is 27.7 Å². The average Bonchev–Trinajstić information content (AvgIpc) is 2.27. The summed E-state index contributed by atoms with van der Waals surface area (Å²) in [4.78, 5) is 29.4. The van der Waals surface area contributed by atoms with E-state index in [-0.39, 0.29) is 5.82 Å². The maximum Gasteiger partial charge on any atom is 0.450 e. The van der Waals surface area contributed by atoms with Crippen molar-refractivity contribution in [1.82, 2.24) is 9.97 Å². The molecule has 19 heavy (non-hydrogen) atoms. The summed E-state index contributed by atoms with van der Waals surface area (Å²) in [6.45, 7) is 3.97. The number of carbonyl (C=O) groups is 2. The molecular formula is C12H13F3N2O2. The minimum absolute atomic E-state index is 0.370. The van der Waals surface area contributed by atoms with Crippen LogP contribution >= 0.6 is 0 Å². The highest BCUT2D eigenvalue weighted by atomic mass is 19.4. The van der Waals surface area contributed by atoms with E-state index in [1.54, 1.807) is 0 Å². The first-order valence-corrected chi connectivity index (χ1v) is 5.64. The molecule has 0 spiro atoms. The number of rotatable bonds is 5. The van der Waals surface area contributed by atoms with Gasteiger partial charge < -0.3 is 0 Å². The molecule has 0 bridgehead atoms. The molecule has 1 heterocycles. The van der Waals surface area contributed by atoms with Crippen molar-refractivity contribution < 1.29 is 22.8 Å². The molecule has 0 aliphatic rings. The fraction of sp³-hybridized carbons (Fsp3) is 0.500. The fourth-order valence-corrected chi connectivity index (χ4v) is 1.40. The minimum Gasteiger partial charge on any atom is -0.290 e. The fourth-order valence-electron chi connectivity index (χ4n) is 1.40. The van der Waals surface area contributed by atoms with Crippen molar-refractivity contribution in [3.63, 3.8) is 0 Å². The van der Waals surface area contributed by atoms with E-state index in [1.165, 1.54) is 12.4 Å². The highest BCUT2D eigenvalue weighted by Crippen LogP contribution is 2.18.